The number of carbonyl (C=O) groups excluding carboxylic acids is 1. The Balaban J connectivity index is 1.83. The van der Waals surface area contributed by atoms with Crippen LogP contribution in [-0.4, -0.2) is 37.2 Å². The van der Waals surface area contributed by atoms with E-state index in [0.29, 0.717) is 5.69 Å². The van der Waals surface area contributed by atoms with Crippen molar-refractivity contribution >= 4 is 23.4 Å². The second-order valence-corrected chi connectivity index (χ2v) is 6.74. The molecule has 6 heteroatoms. The molecule has 1 heterocycles. The maximum atomic E-state index is 13.4. The largest absolute Gasteiger partial charge is 0.445 e. The fraction of sp³-hybridized carbons (Fsp3) is 0.316. The number of anilines is 1. The number of rotatable bonds is 3. The van der Waals surface area contributed by atoms with Crippen LogP contribution in [0.2, 0.25) is 5.02 Å². The molecular formula is C19H20ClFN2O2. The molecule has 1 saturated heterocycles. The van der Waals surface area contributed by atoms with Crippen LogP contribution in [-0.2, 0) is 4.74 Å². The summed E-state index contributed by atoms with van der Waals surface area (Å²) < 4.78 is 18.9. The topological polar surface area (TPSA) is 41.6 Å². The van der Waals surface area contributed by atoms with Crippen molar-refractivity contribution in [1.82, 2.24) is 4.90 Å². The number of likely N-dealkylation sites (tertiary alicyclic amines) is 1. The van der Waals surface area contributed by atoms with Crippen molar-refractivity contribution < 1.29 is 13.9 Å². The summed E-state index contributed by atoms with van der Waals surface area (Å²) >= 11 is 5.90. The predicted octanol–water partition coefficient (Wildman–Crippen LogP) is 4.71. The molecule has 1 atom stereocenters. The highest BCUT2D eigenvalue weighted by Crippen LogP contribution is 2.33. The van der Waals surface area contributed by atoms with Gasteiger partial charge in [-0.15, -0.1) is 0 Å². The highest BCUT2D eigenvalue weighted by atomic mass is 35.5. The van der Waals surface area contributed by atoms with Crippen LogP contribution in [0.5, 0.6) is 0 Å². The number of hydrogen-bond acceptors (Lipinski definition) is 3. The number of hydrogen-bond donors (Lipinski definition) is 1. The average Bonchev–Trinajstić information content (AvgIpc) is 2.97. The summed E-state index contributed by atoms with van der Waals surface area (Å²) in [6, 6.07) is 10.1. The van der Waals surface area contributed by atoms with E-state index >= 15 is 0 Å². The molecule has 4 nitrogen and oxygen atoms in total. The van der Waals surface area contributed by atoms with Gasteiger partial charge in [0.15, 0.2) is 0 Å². The van der Waals surface area contributed by atoms with E-state index in [4.69, 9.17) is 16.3 Å². The number of nitrogens with one attached hydrogen (secondary N) is 1. The molecule has 1 fully saturated rings. The molecule has 0 unspecified atom stereocenters. The van der Waals surface area contributed by atoms with Crippen LogP contribution in [0.3, 0.4) is 0 Å². The van der Waals surface area contributed by atoms with Crippen molar-refractivity contribution in [2.45, 2.75) is 19.4 Å². The fourth-order valence-electron chi connectivity index (χ4n) is 3.01. The van der Waals surface area contributed by atoms with E-state index in [1.165, 1.54) is 6.07 Å². The van der Waals surface area contributed by atoms with Crippen LogP contribution in [0.4, 0.5) is 14.9 Å². The monoisotopic (exact) mass is 362 g/mol. The van der Waals surface area contributed by atoms with E-state index in [0.717, 1.165) is 36.2 Å². The van der Waals surface area contributed by atoms with Crippen LogP contribution in [0.15, 0.2) is 36.4 Å². The number of carbonyl (C=O) groups is 1. The van der Waals surface area contributed by atoms with E-state index < -0.39 is 11.9 Å². The first-order chi connectivity index (χ1) is 11.9. The molecular weight excluding hydrogens is 343 g/mol. The normalized spacial score (nSPS) is 17.5. The Morgan fingerprint density at radius 1 is 1.36 bits per heavy atom. The summed E-state index contributed by atoms with van der Waals surface area (Å²) in [6.07, 6.45) is 0.250. The quantitative estimate of drug-likeness (QED) is 0.859. The Hall–Kier alpha value is -2.11. The zero-order valence-electron chi connectivity index (χ0n) is 14.2. The van der Waals surface area contributed by atoms with Crippen LogP contribution in [0.1, 0.15) is 12.0 Å². The molecule has 1 amide bonds. The third-order valence-corrected chi connectivity index (χ3v) is 4.64. The van der Waals surface area contributed by atoms with E-state index in [2.05, 4.69) is 10.2 Å². The molecule has 2 aromatic carbocycles. The van der Waals surface area contributed by atoms with Gasteiger partial charge >= 0.3 is 6.09 Å². The number of ether oxygens (including phenoxy) is 1. The fourth-order valence-corrected chi connectivity index (χ4v) is 3.19. The Kier molecular flexibility index (Phi) is 5.25. The molecule has 0 spiro atoms. The Morgan fingerprint density at radius 3 is 2.84 bits per heavy atom. The SMILES string of the molecule is Cc1cccc(-c2ccc(F)c(Cl)c2)c1NC(=O)O[C@@H]1CCN(C)C1. The highest BCUT2D eigenvalue weighted by Gasteiger charge is 2.23. The summed E-state index contributed by atoms with van der Waals surface area (Å²) in [5, 5.41) is 2.88. The Bertz CT molecular complexity index is 797. The van der Waals surface area contributed by atoms with Crippen molar-refractivity contribution in [3.8, 4) is 11.1 Å². The van der Waals surface area contributed by atoms with Gasteiger partial charge in [-0.3, -0.25) is 5.32 Å². The number of para-hydroxylation sites is 1. The Morgan fingerprint density at radius 2 is 2.16 bits per heavy atom. The van der Waals surface area contributed by atoms with E-state index in [9.17, 15) is 9.18 Å². The van der Waals surface area contributed by atoms with Gasteiger partial charge in [0.2, 0.25) is 0 Å². The minimum atomic E-state index is -0.482. The smallest absolute Gasteiger partial charge is 0.411 e. The van der Waals surface area contributed by atoms with Crippen molar-refractivity contribution in [3.05, 3.63) is 52.8 Å². The Labute approximate surface area is 151 Å². The first-order valence-corrected chi connectivity index (χ1v) is 8.53. The minimum Gasteiger partial charge on any atom is -0.445 e. The number of nitrogens with zero attached hydrogens (tertiary/aromatic N) is 1. The molecule has 2 aromatic rings. The van der Waals surface area contributed by atoms with Crippen molar-refractivity contribution in [3.63, 3.8) is 0 Å². The van der Waals surface area contributed by atoms with Gasteiger partial charge < -0.3 is 9.64 Å². The number of halogens is 2. The van der Waals surface area contributed by atoms with E-state index in [1.807, 2.05) is 32.2 Å². The number of amides is 1. The summed E-state index contributed by atoms with van der Waals surface area (Å²) in [5.74, 6) is -0.475. The molecule has 0 aromatic heterocycles. The van der Waals surface area contributed by atoms with Gasteiger partial charge in [-0.25, -0.2) is 9.18 Å². The summed E-state index contributed by atoms with van der Waals surface area (Å²) in [7, 11) is 2.00. The number of aryl methyl sites for hydroxylation is 1. The lowest BCUT2D eigenvalue weighted by Gasteiger charge is -2.17. The molecule has 1 aliphatic rings. The minimum absolute atomic E-state index is 0.0431. The lowest BCUT2D eigenvalue weighted by molar-refractivity contribution is 0.115. The van der Waals surface area contributed by atoms with E-state index in [-0.39, 0.29) is 11.1 Å². The van der Waals surface area contributed by atoms with Crippen LogP contribution in [0, 0.1) is 12.7 Å². The maximum absolute atomic E-state index is 13.4. The highest BCUT2D eigenvalue weighted by molar-refractivity contribution is 6.31. The molecule has 0 bridgehead atoms. The molecule has 1 N–H and O–H groups in total. The molecule has 25 heavy (non-hydrogen) atoms. The first kappa shape index (κ1) is 17.7. The van der Waals surface area contributed by atoms with Gasteiger partial charge in [-0.2, -0.15) is 0 Å². The molecule has 0 saturated carbocycles. The van der Waals surface area contributed by atoms with Crippen molar-refractivity contribution in [2.24, 2.45) is 0 Å². The van der Waals surface area contributed by atoms with E-state index in [1.54, 1.807) is 12.1 Å². The number of likely N-dealkylation sites (N-methyl/N-ethyl adjacent to an activating group) is 1. The van der Waals surface area contributed by atoms with Crippen LogP contribution in [0.25, 0.3) is 11.1 Å². The van der Waals surface area contributed by atoms with Gasteiger partial charge in [-0.1, -0.05) is 35.9 Å². The number of benzene rings is 2. The van der Waals surface area contributed by atoms with Gasteiger partial charge in [0, 0.05) is 18.7 Å². The molecule has 1 aliphatic heterocycles. The van der Waals surface area contributed by atoms with Crippen LogP contribution < -0.4 is 5.32 Å². The molecule has 132 valence electrons. The zero-order valence-corrected chi connectivity index (χ0v) is 14.9. The average molecular weight is 363 g/mol. The third-order valence-electron chi connectivity index (χ3n) is 4.35. The van der Waals surface area contributed by atoms with Gasteiger partial charge in [-0.05, 0) is 43.7 Å². The molecule has 3 rings (SSSR count). The second-order valence-electron chi connectivity index (χ2n) is 6.33. The van der Waals surface area contributed by atoms with Gasteiger partial charge in [0.05, 0.1) is 10.7 Å². The lowest BCUT2D eigenvalue weighted by Crippen LogP contribution is -2.25. The van der Waals surface area contributed by atoms with Crippen molar-refractivity contribution in [2.75, 3.05) is 25.5 Å². The molecule has 0 aliphatic carbocycles. The summed E-state index contributed by atoms with van der Waals surface area (Å²) in [4.78, 5) is 14.4. The van der Waals surface area contributed by atoms with Gasteiger partial charge in [0.25, 0.3) is 0 Å². The summed E-state index contributed by atoms with van der Waals surface area (Å²) in [5.41, 5.74) is 3.02. The zero-order chi connectivity index (χ0) is 18.0. The van der Waals surface area contributed by atoms with Crippen LogP contribution >= 0.6 is 11.6 Å². The molecule has 0 radical (unpaired) electrons. The summed E-state index contributed by atoms with van der Waals surface area (Å²) in [6.45, 7) is 3.55. The van der Waals surface area contributed by atoms with Crippen molar-refractivity contribution in [1.29, 1.82) is 0 Å². The maximum Gasteiger partial charge on any atom is 0.411 e. The lowest BCUT2D eigenvalue weighted by atomic mass is 10.0. The second kappa shape index (κ2) is 7.42. The predicted molar refractivity (Wildman–Crippen MR) is 97.6 cm³/mol. The first-order valence-electron chi connectivity index (χ1n) is 8.15. The standard InChI is InChI=1S/C19H20ClFN2O2/c1-12-4-3-5-15(13-6-7-17(21)16(20)10-13)18(12)22-19(24)25-14-8-9-23(2)11-14/h3-7,10,14H,8-9,11H2,1-2H3,(H,22,24)/t14-/m1/s1. The third kappa shape index (κ3) is 4.11. The van der Waals surface area contributed by atoms with Gasteiger partial charge in [0.1, 0.15) is 11.9 Å².